The number of aromatic nitrogens is 5. The third-order valence-corrected chi connectivity index (χ3v) is 5.21. The van der Waals surface area contributed by atoms with Crippen molar-refractivity contribution < 1.29 is 13.7 Å². The topological polar surface area (TPSA) is 99.9 Å². The zero-order valence-corrected chi connectivity index (χ0v) is 14.5. The average Bonchev–Trinajstić information content (AvgIpc) is 3.11. The van der Waals surface area contributed by atoms with E-state index in [4.69, 9.17) is 4.74 Å². The Hall–Kier alpha value is -2.20. The van der Waals surface area contributed by atoms with Gasteiger partial charge in [0.2, 0.25) is 5.16 Å². The van der Waals surface area contributed by atoms with E-state index >= 15 is 0 Å². The fourth-order valence-electron chi connectivity index (χ4n) is 2.25. The summed E-state index contributed by atoms with van der Waals surface area (Å²) in [6.07, 6.45) is 2.97. The van der Waals surface area contributed by atoms with Gasteiger partial charge in [-0.3, -0.25) is 8.78 Å². The van der Waals surface area contributed by atoms with Crippen molar-refractivity contribution in [2.45, 2.75) is 19.0 Å². The normalized spacial score (nSPS) is 12.5. The maximum atomic E-state index is 11.9. The number of carbonyl (C=O) groups is 1. The highest BCUT2D eigenvalue weighted by atomic mass is 32.2. The summed E-state index contributed by atoms with van der Waals surface area (Å²) in [5.41, 5.74) is 0.716. The molecule has 0 radical (unpaired) electrons. The van der Waals surface area contributed by atoms with Crippen molar-refractivity contribution in [2.75, 3.05) is 13.4 Å². The number of fused-ring (bicyclic) bond motifs is 1. The first kappa shape index (κ1) is 15.7. The van der Waals surface area contributed by atoms with Crippen molar-refractivity contribution >= 4 is 38.3 Å². The fourth-order valence-corrected chi connectivity index (χ4v) is 3.96. The van der Waals surface area contributed by atoms with Gasteiger partial charge in [0.15, 0.2) is 5.82 Å². The first-order chi connectivity index (χ1) is 10.9. The molecule has 0 bridgehead atoms. The van der Waals surface area contributed by atoms with Gasteiger partial charge in [-0.15, -0.1) is 21.5 Å². The van der Waals surface area contributed by atoms with Crippen molar-refractivity contribution in [2.24, 2.45) is 0 Å². The summed E-state index contributed by atoms with van der Waals surface area (Å²) in [4.78, 5) is 21.9. The minimum atomic E-state index is -1.33. The number of thiophene rings is 1. The van der Waals surface area contributed by atoms with Gasteiger partial charge in [-0.25, -0.2) is 14.8 Å². The number of hydrogen-bond donors (Lipinski definition) is 0. The summed E-state index contributed by atoms with van der Waals surface area (Å²) in [5, 5.41) is 8.68. The molecule has 3 rings (SSSR count). The second kappa shape index (κ2) is 5.78. The number of hydrogen-bond acceptors (Lipinski definition) is 8. The van der Waals surface area contributed by atoms with E-state index in [0.29, 0.717) is 32.3 Å². The van der Waals surface area contributed by atoms with Crippen LogP contribution in [0.15, 0.2) is 11.5 Å². The molecule has 1 atom stereocenters. The van der Waals surface area contributed by atoms with Crippen LogP contribution in [0, 0.1) is 13.8 Å². The maximum Gasteiger partial charge on any atom is 0.348 e. The summed E-state index contributed by atoms with van der Waals surface area (Å²) in [6.45, 7) is 3.56. The molecule has 0 saturated heterocycles. The predicted molar refractivity (Wildman–Crippen MR) is 85.5 cm³/mol. The van der Waals surface area contributed by atoms with Gasteiger partial charge in [0.05, 0.1) is 23.3 Å². The van der Waals surface area contributed by atoms with E-state index in [1.54, 1.807) is 18.4 Å². The van der Waals surface area contributed by atoms with E-state index in [0.717, 1.165) is 0 Å². The lowest BCUT2D eigenvalue weighted by atomic mass is 10.2. The number of esters is 1. The minimum absolute atomic E-state index is 0.287. The van der Waals surface area contributed by atoms with Crippen molar-refractivity contribution in [1.82, 2.24) is 24.7 Å². The molecule has 0 fully saturated rings. The third kappa shape index (κ3) is 2.53. The summed E-state index contributed by atoms with van der Waals surface area (Å²) in [6, 6.07) is 0. The Kier molecular flexibility index (Phi) is 3.94. The molecule has 0 aliphatic rings. The molecule has 0 aliphatic carbocycles. The van der Waals surface area contributed by atoms with E-state index < -0.39 is 16.8 Å². The second-order valence-corrected chi connectivity index (χ2v) is 7.03. The third-order valence-electron chi connectivity index (χ3n) is 3.26. The van der Waals surface area contributed by atoms with E-state index in [2.05, 4.69) is 20.2 Å². The Morgan fingerprint density at radius 2 is 2.09 bits per heavy atom. The Morgan fingerprint density at radius 3 is 2.74 bits per heavy atom. The molecular formula is C13H13N5O3S2. The van der Waals surface area contributed by atoms with Crippen LogP contribution in [0.3, 0.4) is 0 Å². The standard InChI is InChI=1S/C13H13N5O3S2/c1-6-8-10(18-5-14-17-13(18)23(4)20)15-7(2)16-11(8)22-9(6)12(19)21-3/h5H,1-4H3. The van der Waals surface area contributed by atoms with Crippen molar-refractivity contribution in [3.05, 3.63) is 22.6 Å². The number of carbonyl (C=O) groups excluding carboxylic acids is 1. The van der Waals surface area contributed by atoms with Gasteiger partial charge in [-0.05, 0) is 19.4 Å². The second-order valence-electron chi connectivity index (χ2n) is 4.76. The molecular weight excluding hydrogens is 338 g/mol. The Bertz CT molecular complexity index is 947. The smallest absolute Gasteiger partial charge is 0.348 e. The Morgan fingerprint density at radius 1 is 1.35 bits per heavy atom. The van der Waals surface area contributed by atoms with Crippen LogP contribution in [0.1, 0.15) is 21.1 Å². The van der Waals surface area contributed by atoms with Crippen LogP contribution >= 0.6 is 11.3 Å². The lowest BCUT2D eigenvalue weighted by Gasteiger charge is -2.07. The van der Waals surface area contributed by atoms with Crippen LogP contribution in [0.5, 0.6) is 0 Å². The first-order valence-electron chi connectivity index (χ1n) is 6.54. The molecule has 0 aliphatic heterocycles. The van der Waals surface area contributed by atoms with Crippen LogP contribution in [-0.4, -0.2) is 48.3 Å². The van der Waals surface area contributed by atoms with Crippen LogP contribution in [-0.2, 0) is 15.5 Å². The van der Waals surface area contributed by atoms with Crippen LogP contribution < -0.4 is 0 Å². The minimum Gasteiger partial charge on any atom is -0.465 e. The molecule has 1 unspecified atom stereocenters. The molecule has 0 spiro atoms. The quantitative estimate of drug-likeness (QED) is 0.658. The predicted octanol–water partition coefficient (Wildman–Crippen LogP) is 1.41. The molecule has 23 heavy (non-hydrogen) atoms. The largest absolute Gasteiger partial charge is 0.465 e. The molecule has 8 nitrogen and oxygen atoms in total. The highest BCUT2D eigenvalue weighted by Gasteiger charge is 2.23. The van der Waals surface area contributed by atoms with Crippen molar-refractivity contribution in [1.29, 1.82) is 0 Å². The molecule has 10 heteroatoms. The SMILES string of the molecule is COC(=O)c1sc2nc(C)nc(-n3cnnc3S(C)=O)c2c1C. The summed E-state index contributed by atoms with van der Waals surface area (Å²) in [7, 11) is 0.00654. The van der Waals surface area contributed by atoms with Crippen molar-refractivity contribution in [3.63, 3.8) is 0 Å². The fraction of sp³-hybridized carbons (Fsp3) is 0.308. The van der Waals surface area contributed by atoms with Crippen molar-refractivity contribution in [3.8, 4) is 5.82 Å². The number of nitrogens with zero attached hydrogens (tertiary/aromatic N) is 5. The molecule has 0 amide bonds. The van der Waals surface area contributed by atoms with Gasteiger partial charge in [-0.2, -0.15) is 0 Å². The van der Waals surface area contributed by atoms with Gasteiger partial charge in [0.25, 0.3) is 0 Å². The average molecular weight is 351 g/mol. The number of aryl methyl sites for hydroxylation is 2. The molecule has 3 aromatic heterocycles. The van der Waals surface area contributed by atoms with Crippen LogP contribution in [0.4, 0.5) is 0 Å². The molecule has 3 heterocycles. The lowest BCUT2D eigenvalue weighted by molar-refractivity contribution is 0.0605. The molecule has 3 aromatic rings. The summed E-state index contributed by atoms with van der Waals surface area (Å²) in [5.74, 6) is 0.621. The number of methoxy groups -OCH3 is 1. The van der Waals surface area contributed by atoms with Crippen LogP contribution in [0.25, 0.3) is 16.0 Å². The highest BCUT2D eigenvalue weighted by molar-refractivity contribution is 7.84. The van der Waals surface area contributed by atoms with E-state index in [1.165, 1.54) is 31.0 Å². The number of ether oxygens (including phenoxy) is 1. The molecule has 0 saturated carbocycles. The molecule has 120 valence electrons. The van der Waals surface area contributed by atoms with Gasteiger partial charge in [-0.1, -0.05) is 0 Å². The summed E-state index contributed by atoms with van der Waals surface area (Å²) >= 11 is 1.24. The van der Waals surface area contributed by atoms with Gasteiger partial charge in [0, 0.05) is 6.26 Å². The van der Waals surface area contributed by atoms with Gasteiger partial charge >= 0.3 is 5.97 Å². The first-order valence-corrected chi connectivity index (χ1v) is 8.91. The number of rotatable bonds is 3. The van der Waals surface area contributed by atoms with Gasteiger partial charge < -0.3 is 4.74 Å². The Labute approximate surface area is 138 Å². The lowest BCUT2D eigenvalue weighted by Crippen LogP contribution is -2.06. The maximum absolute atomic E-state index is 11.9. The summed E-state index contributed by atoms with van der Waals surface area (Å²) < 4.78 is 18.2. The van der Waals surface area contributed by atoms with Crippen LogP contribution in [0.2, 0.25) is 0 Å². The zero-order chi connectivity index (χ0) is 16.7. The molecule has 0 aromatic carbocycles. The monoisotopic (exact) mass is 351 g/mol. The van der Waals surface area contributed by atoms with Gasteiger partial charge in [0.1, 0.15) is 21.9 Å². The van der Waals surface area contributed by atoms with E-state index in [9.17, 15) is 9.00 Å². The zero-order valence-electron chi connectivity index (χ0n) is 12.9. The Balaban J connectivity index is 2.37. The van der Waals surface area contributed by atoms with E-state index in [1.807, 2.05) is 0 Å². The highest BCUT2D eigenvalue weighted by Crippen LogP contribution is 2.33. The van der Waals surface area contributed by atoms with E-state index in [-0.39, 0.29) is 5.16 Å². The molecule has 0 N–H and O–H groups in total.